The van der Waals surface area contributed by atoms with Crippen LogP contribution in [0.2, 0.25) is 0 Å². The van der Waals surface area contributed by atoms with E-state index in [1.165, 1.54) is 23.0 Å². The fourth-order valence-corrected chi connectivity index (χ4v) is 5.54. The highest BCUT2D eigenvalue weighted by Crippen LogP contribution is 2.16. The van der Waals surface area contributed by atoms with E-state index in [1.54, 1.807) is 0 Å². The van der Waals surface area contributed by atoms with E-state index < -0.39 is 154 Å². The second kappa shape index (κ2) is 26.8. The van der Waals surface area contributed by atoms with Gasteiger partial charge in [0.05, 0.1) is 37.1 Å². The first-order valence-corrected chi connectivity index (χ1v) is 19.5. The molecule has 356 valence electrons. The van der Waals surface area contributed by atoms with E-state index >= 15 is 0 Å². The number of amides is 5. The molecule has 1 aromatic heterocycles. The quantitative estimate of drug-likeness (QED) is 0.0335. The maximum Gasteiger partial charge on any atom is 0.326 e. The van der Waals surface area contributed by atoms with Crippen LogP contribution in [0.1, 0.15) is 84.2 Å². The molecule has 0 saturated carbocycles. The SMILES string of the molecule is O=C(O)CCC(NC(=O)CC(NC(O)CCNC(=O)c1cc(C(=O)NCCC(=O)N[C@H](CC(=O)N[C@@H](CCC(=O)O)C(=O)O)C(=O)O)cc(-n2cc(CCCF)nn2)c1)C(=O)O)C(=O)O. The van der Waals surface area contributed by atoms with Crippen molar-refractivity contribution < 1.29 is 92.9 Å². The summed E-state index contributed by atoms with van der Waals surface area (Å²) in [6, 6.07) is -3.18. The molecule has 1 aromatic carbocycles. The van der Waals surface area contributed by atoms with Crippen molar-refractivity contribution in [3.8, 4) is 5.69 Å². The number of rotatable bonds is 31. The molecule has 0 fully saturated rings. The Labute approximate surface area is 366 Å². The van der Waals surface area contributed by atoms with Crippen LogP contribution in [0.15, 0.2) is 24.4 Å². The average molecular weight is 926 g/mol. The number of aliphatic carboxylic acids is 6. The molecule has 13 N–H and O–H groups in total. The van der Waals surface area contributed by atoms with Gasteiger partial charge in [0.2, 0.25) is 17.7 Å². The van der Waals surface area contributed by atoms with Gasteiger partial charge in [0.1, 0.15) is 30.4 Å². The van der Waals surface area contributed by atoms with Crippen molar-refractivity contribution in [2.75, 3.05) is 19.8 Å². The third-order valence-corrected chi connectivity index (χ3v) is 8.82. The lowest BCUT2D eigenvalue weighted by molar-refractivity contribution is -0.145. The Balaban J connectivity index is 2.12. The molecule has 1 heterocycles. The molecular weight excluding hydrogens is 877 g/mol. The molecule has 0 spiro atoms. The lowest BCUT2D eigenvalue weighted by atomic mass is 10.1. The first-order chi connectivity index (χ1) is 30.6. The number of hydrogen-bond acceptors (Lipinski definition) is 15. The number of carboxylic acids is 6. The number of halogens is 1. The molecule has 5 amide bonds. The Kier molecular flexibility index (Phi) is 22.0. The van der Waals surface area contributed by atoms with Crippen LogP contribution in [0.3, 0.4) is 0 Å². The van der Waals surface area contributed by atoms with E-state index in [2.05, 4.69) is 31.6 Å². The molecule has 2 rings (SSSR count). The summed E-state index contributed by atoms with van der Waals surface area (Å²) in [4.78, 5) is 132. The number of nitrogens with one attached hydrogen (secondary N) is 6. The molecule has 3 unspecified atom stereocenters. The van der Waals surface area contributed by atoms with E-state index in [1.807, 2.05) is 10.6 Å². The van der Waals surface area contributed by atoms with Gasteiger partial charge in [-0.1, -0.05) is 5.21 Å². The van der Waals surface area contributed by atoms with Crippen LogP contribution < -0.4 is 31.9 Å². The van der Waals surface area contributed by atoms with Gasteiger partial charge in [-0.05, 0) is 43.9 Å². The van der Waals surface area contributed by atoms with Gasteiger partial charge in [-0.25, -0.2) is 19.1 Å². The molecule has 2 aromatic rings. The highest BCUT2D eigenvalue weighted by atomic mass is 19.1. The zero-order chi connectivity index (χ0) is 48.8. The minimum absolute atomic E-state index is 0.104. The number of carbonyl (C=O) groups excluding carboxylic acids is 5. The Morgan fingerprint density at radius 2 is 1.08 bits per heavy atom. The lowest BCUT2D eigenvalue weighted by Gasteiger charge is -2.20. The van der Waals surface area contributed by atoms with Gasteiger partial charge in [0.15, 0.2) is 0 Å². The number of carboxylic acid groups (broad SMARTS) is 6. The summed E-state index contributed by atoms with van der Waals surface area (Å²) < 4.78 is 14.0. The molecule has 27 nitrogen and oxygen atoms in total. The molecule has 0 radical (unpaired) electrons. The third-order valence-electron chi connectivity index (χ3n) is 8.82. The monoisotopic (exact) mass is 925 g/mol. The van der Waals surface area contributed by atoms with E-state index in [0.717, 1.165) is 6.07 Å². The number of aromatic nitrogens is 3. The zero-order valence-corrected chi connectivity index (χ0v) is 34.2. The van der Waals surface area contributed by atoms with Crippen LogP contribution in [0, 0.1) is 0 Å². The number of aryl methyl sites for hydroxylation is 1. The molecule has 0 aliphatic carbocycles. The fourth-order valence-electron chi connectivity index (χ4n) is 5.54. The van der Waals surface area contributed by atoms with Gasteiger partial charge >= 0.3 is 35.8 Å². The first kappa shape index (κ1) is 53.5. The molecule has 65 heavy (non-hydrogen) atoms. The summed E-state index contributed by atoms with van der Waals surface area (Å²) in [5.74, 6) is -13.9. The van der Waals surface area contributed by atoms with Crippen molar-refractivity contribution in [2.24, 2.45) is 0 Å². The van der Waals surface area contributed by atoms with Gasteiger partial charge in [-0.3, -0.25) is 48.1 Å². The largest absolute Gasteiger partial charge is 0.481 e. The van der Waals surface area contributed by atoms with Crippen LogP contribution in [0.5, 0.6) is 0 Å². The molecule has 0 saturated heterocycles. The van der Waals surface area contributed by atoms with Gasteiger partial charge in [0.25, 0.3) is 11.8 Å². The summed E-state index contributed by atoms with van der Waals surface area (Å²) in [6.45, 7) is -1.39. The number of aliphatic hydroxyl groups excluding tert-OH is 1. The lowest BCUT2D eigenvalue weighted by Crippen LogP contribution is -2.49. The minimum Gasteiger partial charge on any atom is -0.481 e. The Morgan fingerprint density at radius 3 is 1.55 bits per heavy atom. The topological polar surface area (TPSA) is 432 Å². The van der Waals surface area contributed by atoms with Gasteiger partial charge in [0, 0.05) is 49.9 Å². The van der Waals surface area contributed by atoms with Crippen LogP contribution in [0.4, 0.5) is 4.39 Å². The molecule has 0 aliphatic heterocycles. The van der Waals surface area contributed by atoms with Crippen LogP contribution in [-0.4, -0.2) is 166 Å². The van der Waals surface area contributed by atoms with Crippen molar-refractivity contribution in [2.45, 2.75) is 94.6 Å². The number of alkyl halides is 1. The van der Waals surface area contributed by atoms with Crippen molar-refractivity contribution in [1.82, 2.24) is 46.9 Å². The summed E-state index contributed by atoms with van der Waals surface area (Å²) in [5.41, 5.74) is 0.125. The Hall–Kier alpha value is -7.62. The fraction of sp³-hybridized carbons (Fsp3) is 0.486. The normalized spacial score (nSPS) is 13.1. The molecule has 5 atom stereocenters. The molecule has 0 bridgehead atoms. The summed E-state index contributed by atoms with van der Waals surface area (Å²) >= 11 is 0. The third kappa shape index (κ3) is 20.0. The Bertz CT molecular complexity index is 2080. The number of hydrogen-bond donors (Lipinski definition) is 13. The predicted molar refractivity (Wildman–Crippen MR) is 212 cm³/mol. The predicted octanol–water partition coefficient (Wildman–Crippen LogP) is -3.01. The number of nitrogens with zero attached hydrogens (tertiary/aromatic N) is 3. The maximum atomic E-state index is 13.3. The van der Waals surface area contributed by atoms with Gasteiger partial charge < -0.3 is 62.3 Å². The standard InChI is InChI=1S/C37H48FN9O18/c38-9-1-2-20-17-47(46-45-20)21-13-18(32(56)39-10-7-26(48)43-24(36(62)63)15-28(50)41-22(34(58)59)3-5-30(52)53)12-19(14-21)33(57)40-11-8-27(49)44-25(37(64)65)16-29(51)42-23(35(60)61)4-6-31(54)55/h12-14,17,22-26,43,48H,1-11,15-16H2,(H,39,56)(H,40,57)(H,41,50)(H,42,51)(H,44,49)(H,52,53)(H,54,55)(H,58,59)(H,60,61)(H,62,63)(H,64,65)/t22?,23-,24?,25+,26?/m0/s1. The molecular formula is C37H48FN9O18. The summed E-state index contributed by atoms with van der Waals surface area (Å²) in [5, 5.41) is 86.6. The van der Waals surface area contributed by atoms with Crippen molar-refractivity contribution in [1.29, 1.82) is 0 Å². The van der Waals surface area contributed by atoms with E-state index in [9.17, 15) is 82.7 Å². The second-order valence-electron chi connectivity index (χ2n) is 14.0. The van der Waals surface area contributed by atoms with Crippen LogP contribution in [0.25, 0.3) is 5.69 Å². The van der Waals surface area contributed by atoms with Crippen LogP contribution >= 0.6 is 0 Å². The highest BCUT2D eigenvalue weighted by molar-refractivity contribution is 6.01. The Morgan fingerprint density at radius 1 is 0.600 bits per heavy atom. The zero-order valence-electron chi connectivity index (χ0n) is 34.2. The van der Waals surface area contributed by atoms with E-state index in [-0.39, 0.29) is 42.6 Å². The van der Waals surface area contributed by atoms with Gasteiger partial charge in [-0.2, -0.15) is 0 Å². The average Bonchev–Trinajstić information content (AvgIpc) is 3.71. The van der Waals surface area contributed by atoms with Crippen molar-refractivity contribution in [3.63, 3.8) is 0 Å². The minimum atomic E-state index is -1.85. The molecule has 28 heteroatoms. The number of carbonyl (C=O) groups is 11. The summed E-state index contributed by atoms with van der Waals surface area (Å²) in [7, 11) is 0. The molecule has 0 aliphatic rings. The maximum absolute atomic E-state index is 13.3. The smallest absolute Gasteiger partial charge is 0.326 e. The number of benzene rings is 1. The van der Waals surface area contributed by atoms with E-state index in [0.29, 0.717) is 5.69 Å². The summed E-state index contributed by atoms with van der Waals surface area (Å²) in [6.07, 6.45) is -4.80. The van der Waals surface area contributed by atoms with E-state index in [4.69, 9.17) is 10.2 Å². The second-order valence-corrected chi connectivity index (χ2v) is 14.0. The van der Waals surface area contributed by atoms with Crippen molar-refractivity contribution in [3.05, 3.63) is 41.2 Å². The van der Waals surface area contributed by atoms with Gasteiger partial charge in [-0.15, -0.1) is 5.10 Å². The number of aliphatic hydroxyl groups is 1. The van der Waals surface area contributed by atoms with Crippen molar-refractivity contribution >= 4 is 65.4 Å². The van der Waals surface area contributed by atoms with Crippen LogP contribution in [-0.2, 0) is 49.6 Å². The highest BCUT2D eigenvalue weighted by Gasteiger charge is 2.29. The first-order valence-electron chi connectivity index (χ1n) is 19.5.